The Kier molecular flexibility index (Phi) is 4.63. The van der Waals surface area contributed by atoms with Gasteiger partial charge in [0, 0.05) is 12.1 Å². The first-order chi connectivity index (χ1) is 12.1. The van der Waals surface area contributed by atoms with Crippen LogP contribution in [-0.4, -0.2) is 32.5 Å². The molecule has 1 N–H and O–H groups in total. The lowest BCUT2D eigenvalue weighted by Crippen LogP contribution is -2.43. The van der Waals surface area contributed by atoms with Gasteiger partial charge in [0.1, 0.15) is 5.78 Å². The number of hydrogen-bond acceptors (Lipinski definition) is 5. The van der Waals surface area contributed by atoms with E-state index in [0.29, 0.717) is 24.1 Å². The fraction of sp³-hybridized carbons (Fsp3) is 0.579. The quantitative estimate of drug-likeness (QED) is 0.768. The Bertz CT molecular complexity index is 828. The molecule has 0 aliphatic heterocycles. The average Bonchev–Trinajstić information content (AvgIpc) is 2.89. The molecule has 2 unspecified atom stereocenters. The zero-order valence-electron chi connectivity index (χ0n) is 15.4. The molecular weight excluding hydrogens is 354 g/mol. The van der Waals surface area contributed by atoms with Crippen LogP contribution in [0.2, 0.25) is 0 Å². The molecule has 0 amide bonds. The summed E-state index contributed by atoms with van der Waals surface area (Å²) in [7, 11) is -3.70. The number of sulfonamides is 1. The number of fused-ring (bicyclic) bond motifs is 2. The molecule has 0 spiro atoms. The molecule has 1 aromatic rings. The van der Waals surface area contributed by atoms with E-state index in [9.17, 15) is 18.0 Å². The maximum absolute atomic E-state index is 12.7. The van der Waals surface area contributed by atoms with Crippen molar-refractivity contribution in [3.8, 4) is 0 Å². The molecule has 2 bridgehead atoms. The summed E-state index contributed by atoms with van der Waals surface area (Å²) in [6.07, 6.45) is 2.02. The Morgan fingerprint density at radius 3 is 2.42 bits per heavy atom. The van der Waals surface area contributed by atoms with Crippen molar-refractivity contribution in [1.29, 1.82) is 0 Å². The number of ether oxygens (including phenoxy) is 1. The van der Waals surface area contributed by atoms with Crippen LogP contribution in [0.25, 0.3) is 0 Å². The summed E-state index contributed by atoms with van der Waals surface area (Å²) in [5, 5.41) is 0. The smallest absolute Gasteiger partial charge is 0.338 e. The fourth-order valence-electron chi connectivity index (χ4n) is 4.54. The highest BCUT2D eigenvalue weighted by Gasteiger charge is 2.65. The molecule has 0 saturated heterocycles. The van der Waals surface area contributed by atoms with Gasteiger partial charge in [-0.3, -0.25) is 9.52 Å². The summed E-state index contributed by atoms with van der Waals surface area (Å²) in [4.78, 5) is 24.2. The average molecular weight is 379 g/mol. The predicted molar refractivity (Wildman–Crippen MR) is 98.4 cm³/mol. The summed E-state index contributed by atoms with van der Waals surface area (Å²) in [6.45, 7) is 6.03. The number of carbonyl (C=O) groups is 2. The molecule has 0 radical (unpaired) electrons. The largest absolute Gasteiger partial charge is 0.462 e. The lowest BCUT2D eigenvalue weighted by atomic mass is 9.70. The van der Waals surface area contributed by atoms with Gasteiger partial charge in [-0.15, -0.1) is 0 Å². The summed E-state index contributed by atoms with van der Waals surface area (Å²) < 4.78 is 32.9. The third kappa shape index (κ3) is 3.02. The number of benzene rings is 1. The zero-order valence-corrected chi connectivity index (χ0v) is 16.2. The van der Waals surface area contributed by atoms with Crippen molar-refractivity contribution in [1.82, 2.24) is 0 Å². The Labute approximate surface area is 154 Å². The summed E-state index contributed by atoms with van der Waals surface area (Å²) in [5.74, 6) is -0.297. The Morgan fingerprint density at radius 2 is 1.92 bits per heavy atom. The van der Waals surface area contributed by atoms with Gasteiger partial charge in [0.15, 0.2) is 0 Å². The standard InChI is InChI=1S/C19H25NO5S/c1-4-25-17(22)13-5-7-15(8-6-13)20-26(23,24)12-19-10-9-14(11-16(19)21)18(19,2)3/h5-8,14,20H,4,9-12H2,1-3H3. The van der Waals surface area contributed by atoms with Crippen LogP contribution in [0.1, 0.15) is 50.4 Å². The van der Waals surface area contributed by atoms with E-state index in [1.54, 1.807) is 6.92 Å². The zero-order chi connectivity index (χ0) is 19.2. The highest BCUT2D eigenvalue weighted by Crippen LogP contribution is 2.64. The normalized spacial score (nSPS) is 26.7. The molecule has 26 heavy (non-hydrogen) atoms. The van der Waals surface area contributed by atoms with E-state index in [1.807, 2.05) is 13.8 Å². The molecule has 0 aromatic heterocycles. The number of carbonyl (C=O) groups excluding carboxylic acids is 2. The highest BCUT2D eigenvalue weighted by atomic mass is 32.2. The Hall–Kier alpha value is -1.89. The molecule has 1 aromatic carbocycles. The lowest BCUT2D eigenvalue weighted by Gasteiger charge is -2.36. The predicted octanol–water partition coefficient (Wildman–Crippen LogP) is 3.00. The minimum atomic E-state index is -3.70. The number of nitrogens with one attached hydrogen (secondary N) is 1. The van der Waals surface area contributed by atoms with Crippen LogP contribution in [0.15, 0.2) is 24.3 Å². The maximum Gasteiger partial charge on any atom is 0.338 e. The van der Waals surface area contributed by atoms with Gasteiger partial charge in [0.05, 0.1) is 23.3 Å². The first-order valence-electron chi connectivity index (χ1n) is 8.92. The van der Waals surface area contributed by atoms with Crippen molar-refractivity contribution in [2.75, 3.05) is 17.1 Å². The number of hydrogen-bond donors (Lipinski definition) is 1. The van der Waals surface area contributed by atoms with Crippen LogP contribution in [0.5, 0.6) is 0 Å². The summed E-state index contributed by atoms with van der Waals surface area (Å²) >= 11 is 0. The molecule has 2 aliphatic rings. The van der Waals surface area contributed by atoms with Gasteiger partial charge >= 0.3 is 5.97 Å². The third-order valence-electron chi connectivity index (χ3n) is 6.24. The minimum absolute atomic E-state index is 0.0711. The van der Waals surface area contributed by atoms with Gasteiger partial charge in [-0.05, 0) is 55.4 Å². The molecule has 2 atom stereocenters. The minimum Gasteiger partial charge on any atom is -0.462 e. The number of Topliss-reactive ketones (excluding diaryl/α,β-unsaturated/α-hetero) is 1. The van der Waals surface area contributed by atoms with Crippen molar-refractivity contribution in [2.45, 2.75) is 40.0 Å². The third-order valence-corrected chi connectivity index (χ3v) is 7.66. The molecular formula is C19H25NO5S. The van der Waals surface area contributed by atoms with Gasteiger partial charge in [-0.1, -0.05) is 13.8 Å². The van der Waals surface area contributed by atoms with Gasteiger partial charge < -0.3 is 4.74 Å². The molecule has 2 saturated carbocycles. The highest BCUT2D eigenvalue weighted by molar-refractivity contribution is 7.92. The fourth-order valence-corrected chi connectivity index (χ4v) is 6.43. The van der Waals surface area contributed by atoms with Crippen LogP contribution < -0.4 is 4.72 Å². The van der Waals surface area contributed by atoms with E-state index < -0.39 is 21.4 Å². The van der Waals surface area contributed by atoms with E-state index in [4.69, 9.17) is 4.74 Å². The van der Waals surface area contributed by atoms with Crippen LogP contribution in [-0.2, 0) is 19.6 Å². The topological polar surface area (TPSA) is 89.5 Å². The van der Waals surface area contributed by atoms with Gasteiger partial charge in [0.2, 0.25) is 10.0 Å². The van der Waals surface area contributed by atoms with Crippen molar-refractivity contribution >= 4 is 27.5 Å². The van der Waals surface area contributed by atoms with Crippen molar-refractivity contribution in [2.24, 2.45) is 16.7 Å². The second kappa shape index (κ2) is 6.37. The molecule has 2 fully saturated rings. The van der Waals surface area contributed by atoms with Crippen LogP contribution in [0, 0.1) is 16.7 Å². The molecule has 0 heterocycles. The van der Waals surface area contributed by atoms with Crippen LogP contribution >= 0.6 is 0 Å². The van der Waals surface area contributed by atoms with E-state index >= 15 is 0 Å². The van der Waals surface area contributed by atoms with Gasteiger partial charge in [-0.2, -0.15) is 0 Å². The summed E-state index contributed by atoms with van der Waals surface area (Å²) in [6, 6.07) is 6.09. The van der Waals surface area contributed by atoms with Crippen molar-refractivity contribution < 1.29 is 22.7 Å². The first kappa shape index (κ1) is 18.9. The number of rotatable bonds is 6. The Morgan fingerprint density at radius 1 is 1.27 bits per heavy atom. The number of esters is 1. The monoisotopic (exact) mass is 379 g/mol. The van der Waals surface area contributed by atoms with Crippen LogP contribution in [0.4, 0.5) is 5.69 Å². The molecule has 142 valence electrons. The van der Waals surface area contributed by atoms with Gasteiger partial charge in [-0.25, -0.2) is 13.2 Å². The van der Waals surface area contributed by atoms with E-state index in [1.165, 1.54) is 24.3 Å². The van der Waals surface area contributed by atoms with Crippen LogP contribution in [0.3, 0.4) is 0 Å². The Balaban J connectivity index is 1.76. The summed E-state index contributed by atoms with van der Waals surface area (Å²) in [5.41, 5.74) is -0.368. The second-order valence-corrected chi connectivity index (χ2v) is 9.55. The SMILES string of the molecule is CCOC(=O)c1ccc(NS(=O)(=O)CC23CCC(CC2=O)C3(C)C)cc1. The van der Waals surface area contributed by atoms with E-state index in [0.717, 1.165) is 6.42 Å². The van der Waals surface area contributed by atoms with Crippen molar-refractivity contribution in [3.05, 3.63) is 29.8 Å². The number of ketones is 1. The second-order valence-electron chi connectivity index (χ2n) is 7.83. The molecule has 2 aliphatic carbocycles. The molecule has 7 heteroatoms. The number of anilines is 1. The van der Waals surface area contributed by atoms with Gasteiger partial charge in [0.25, 0.3) is 0 Å². The van der Waals surface area contributed by atoms with Crippen molar-refractivity contribution in [3.63, 3.8) is 0 Å². The lowest BCUT2D eigenvalue weighted by molar-refractivity contribution is -0.128. The van der Waals surface area contributed by atoms with E-state index in [2.05, 4.69) is 4.72 Å². The maximum atomic E-state index is 12.7. The first-order valence-corrected chi connectivity index (χ1v) is 10.6. The molecule has 3 rings (SSSR count). The van der Waals surface area contributed by atoms with E-state index in [-0.39, 0.29) is 29.5 Å². The molecule has 6 nitrogen and oxygen atoms in total.